The Labute approximate surface area is 111 Å². The summed E-state index contributed by atoms with van der Waals surface area (Å²) in [4.78, 5) is 13.9. The summed E-state index contributed by atoms with van der Waals surface area (Å²) in [5, 5.41) is 6.44. The van der Waals surface area contributed by atoms with Gasteiger partial charge in [-0.25, -0.2) is 0 Å². The molecule has 18 heavy (non-hydrogen) atoms. The van der Waals surface area contributed by atoms with E-state index in [1.807, 2.05) is 0 Å². The lowest BCUT2D eigenvalue weighted by Gasteiger charge is -2.28. The number of nitrogens with one attached hydrogen (secondary N) is 2. The van der Waals surface area contributed by atoms with Crippen molar-refractivity contribution in [3.05, 3.63) is 0 Å². The van der Waals surface area contributed by atoms with Gasteiger partial charge < -0.3 is 15.5 Å². The zero-order valence-corrected chi connectivity index (χ0v) is 12.2. The standard InChI is InChI=1S/C14H29N3O/c1-12(13-6-4-7-15-11-13)10-14(18)16-8-5-9-17(2)3/h12-13,15H,4-11H2,1-3H3,(H,16,18). The highest BCUT2D eigenvalue weighted by molar-refractivity contribution is 5.76. The van der Waals surface area contributed by atoms with E-state index in [0.717, 1.165) is 32.6 Å². The van der Waals surface area contributed by atoms with Gasteiger partial charge in [0.05, 0.1) is 0 Å². The lowest BCUT2D eigenvalue weighted by Crippen LogP contribution is -2.36. The molecule has 2 N–H and O–H groups in total. The molecule has 1 aliphatic heterocycles. The molecule has 0 aromatic rings. The highest BCUT2D eigenvalue weighted by atomic mass is 16.1. The Balaban J connectivity index is 2.10. The van der Waals surface area contributed by atoms with Gasteiger partial charge in [0.2, 0.25) is 5.91 Å². The van der Waals surface area contributed by atoms with E-state index >= 15 is 0 Å². The second-order valence-corrected chi connectivity index (χ2v) is 5.79. The van der Waals surface area contributed by atoms with Crippen LogP contribution >= 0.6 is 0 Å². The van der Waals surface area contributed by atoms with E-state index in [4.69, 9.17) is 0 Å². The van der Waals surface area contributed by atoms with Crippen molar-refractivity contribution in [2.75, 3.05) is 40.3 Å². The van der Waals surface area contributed by atoms with Crippen LogP contribution in [0, 0.1) is 11.8 Å². The van der Waals surface area contributed by atoms with Gasteiger partial charge in [-0.2, -0.15) is 0 Å². The maximum absolute atomic E-state index is 11.8. The number of carbonyl (C=O) groups is 1. The fourth-order valence-corrected chi connectivity index (χ4v) is 2.52. The zero-order valence-electron chi connectivity index (χ0n) is 12.2. The van der Waals surface area contributed by atoms with Gasteiger partial charge in [-0.05, 0) is 64.8 Å². The third-order valence-corrected chi connectivity index (χ3v) is 3.75. The van der Waals surface area contributed by atoms with E-state index in [9.17, 15) is 4.79 Å². The van der Waals surface area contributed by atoms with E-state index in [1.54, 1.807) is 0 Å². The van der Waals surface area contributed by atoms with E-state index < -0.39 is 0 Å². The smallest absolute Gasteiger partial charge is 0.220 e. The van der Waals surface area contributed by atoms with Gasteiger partial charge in [-0.15, -0.1) is 0 Å². The van der Waals surface area contributed by atoms with Crippen molar-refractivity contribution in [1.82, 2.24) is 15.5 Å². The molecular weight excluding hydrogens is 226 g/mol. The second kappa shape index (κ2) is 8.48. The molecule has 106 valence electrons. The van der Waals surface area contributed by atoms with Crippen LogP contribution in [-0.2, 0) is 4.79 Å². The summed E-state index contributed by atoms with van der Waals surface area (Å²) in [6, 6.07) is 0. The summed E-state index contributed by atoms with van der Waals surface area (Å²) in [6.07, 6.45) is 4.22. The summed E-state index contributed by atoms with van der Waals surface area (Å²) in [5.74, 6) is 1.38. The van der Waals surface area contributed by atoms with Crippen LogP contribution in [-0.4, -0.2) is 51.1 Å². The third-order valence-electron chi connectivity index (χ3n) is 3.75. The number of hydrogen-bond acceptors (Lipinski definition) is 3. The van der Waals surface area contributed by atoms with Crippen molar-refractivity contribution in [1.29, 1.82) is 0 Å². The molecule has 1 rings (SSSR count). The van der Waals surface area contributed by atoms with Gasteiger partial charge in [-0.3, -0.25) is 4.79 Å². The Morgan fingerprint density at radius 2 is 2.28 bits per heavy atom. The van der Waals surface area contributed by atoms with Crippen LogP contribution in [0.3, 0.4) is 0 Å². The molecular formula is C14H29N3O. The third kappa shape index (κ3) is 6.36. The minimum atomic E-state index is 0.215. The molecule has 2 unspecified atom stereocenters. The lowest BCUT2D eigenvalue weighted by atomic mass is 9.85. The van der Waals surface area contributed by atoms with Crippen LogP contribution in [0.25, 0.3) is 0 Å². The highest BCUT2D eigenvalue weighted by Gasteiger charge is 2.21. The van der Waals surface area contributed by atoms with Crippen molar-refractivity contribution in [3.63, 3.8) is 0 Å². The minimum absolute atomic E-state index is 0.215. The second-order valence-electron chi connectivity index (χ2n) is 5.79. The van der Waals surface area contributed by atoms with Gasteiger partial charge in [0, 0.05) is 13.0 Å². The van der Waals surface area contributed by atoms with Crippen molar-refractivity contribution in [2.24, 2.45) is 11.8 Å². The first-order chi connectivity index (χ1) is 8.59. The fraction of sp³-hybridized carbons (Fsp3) is 0.929. The van der Waals surface area contributed by atoms with E-state index in [2.05, 4.69) is 36.6 Å². The Kier molecular flexibility index (Phi) is 7.28. The summed E-state index contributed by atoms with van der Waals surface area (Å²) < 4.78 is 0. The Hall–Kier alpha value is -0.610. The average molecular weight is 255 g/mol. The molecule has 0 aromatic heterocycles. The minimum Gasteiger partial charge on any atom is -0.356 e. The SMILES string of the molecule is CC(CC(=O)NCCCN(C)C)C1CCCNC1. The first-order valence-electron chi connectivity index (χ1n) is 7.21. The first kappa shape index (κ1) is 15.4. The normalized spacial score (nSPS) is 21.9. The van der Waals surface area contributed by atoms with Crippen LogP contribution in [0.2, 0.25) is 0 Å². The molecule has 1 saturated heterocycles. The van der Waals surface area contributed by atoms with Crippen LogP contribution in [0.15, 0.2) is 0 Å². The number of piperidine rings is 1. The maximum atomic E-state index is 11.8. The Bertz CT molecular complexity index is 237. The van der Waals surface area contributed by atoms with Gasteiger partial charge in [0.1, 0.15) is 0 Å². The molecule has 1 heterocycles. The Morgan fingerprint density at radius 3 is 2.89 bits per heavy atom. The van der Waals surface area contributed by atoms with Crippen molar-refractivity contribution in [2.45, 2.75) is 32.6 Å². The molecule has 4 heteroatoms. The van der Waals surface area contributed by atoms with E-state index in [-0.39, 0.29) is 5.91 Å². The van der Waals surface area contributed by atoms with Gasteiger partial charge in [0.15, 0.2) is 0 Å². The average Bonchev–Trinajstić information content (AvgIpc) is 2.35. The molecule has 1 fully saturated rings. The van der Waals surface area contributed by atoms with Crippen molar-refractivity contribution in [3.8, 4) is 0 Å². The lowest BCUT2D eigenvalue weighted by molar-refractivity contribution is -0.122. The van der Waals surface area contributed by atoms with Crippen molar-refractivity contribution < 1.29 is 4.79 Å². The van der Waals surface area contributed by atoms with Gasteiger partial charge in [0.25, 0.3) is 0 Å². The monoisotopic (exact) mass is 255 g/mol. The molecule has 0 aliphatic carbocycles. The maximum Gasteiger partial charge on any atom is 0.220 e. The zero-order chi connectivity index (χ0) is 13.4. The van der Waals surface area contributed by atoms with Crippen molar-refractivity contribution >= 4 is 5.91 Å². The molecule has 4 nitrogen and oxygen atoms in total. The number of nitrogens with zero attached hydrogens (tertiary/aromatic N) is 1. The molecule has 0 bridgehead atoms. The van der Waals surface area contributed by atoms with Gasteiger partial charge in [-0.1, -0.05) is 6.92 Å². The molecule has 0 saturated carbocycles. The predicted octanol–water partition coefficient (Wildman–Crippen LogP) is 1.08. The van der Waals surface area contributed by atoms with Crippen LogP contribution in [0.5, 0.6) is 0 Å². The molecule has 2 atom stereocenters. The number of carbonyl (C=O) groups excluding carboxylic acids is 1. The van der Waals surface area contributed by atoms with Crippen LogP contribution in [0.4, 0.5) is 0 Å². The first-order valence-corrected chi connectivity index (χ1v) is 7.21. The summed E-state index contributed by atoms with van der Waals surface area (Å²) in [7, 11) is 4.11. The molecule has 0 spiro atoms. The fourth-order valence-electron chi connectivity index (χ4n) is 2.52. The Morgan fingerprint density at radius 1 is 1.50 bits per heavy atom. The van der Waals surface area contributed by atoms with Gasteiger partial charge >= 0.3 is 0 Å². The molecule has 1 aliphatic rings. The molecule has 0 radical (unpaired) electrons. The largest absolute Gasteiger partial charge is 0.356 e. The quantitative estimate of drug-likeness (QED) is 0.669. The van der Waals surface area contributed by atoms with Crippen LogP contribution < -0.4 is 10.6 Å². The number of hydrogen-bond donors (Lipinski definition) is 2. The highest BCUT2D eigenvalue weighted by Crippen LogP contribution is 2.22. The number of amides is 1. The topological polar surface area (TPSA) is 44.4 Å². The molecule has 1 amide bonds. The molecule has 0 aromatic carbocycles. The summed E-state index contributed by atoms with van der Waals surface area (Å²) >= 11 is 0. The van der Waals surface area contributed by atoms with Crippen LogP contribution in [0.1, 0.15) is 32.6 Å². The van der Waals surface area contributed by atoms with E-state index in [0.29, 0.717) is 18.3 Å². The van der Waals surface area contributed by atoms with E-state index in [1.165, 1.54) is 12.8 Å². The summed E-state index contributed by atoms with van der Waals surface area (Å²) in [5.41, 5.74) is 0. The number of rotatable bonds is 7. The summed E-state index contributed by atoms with van der Waals surface area (Å²) in [6.45, 7) is 6.25. The predicted molar refractivity (Wildman–Crippen MR) is 75.6 cm³/mol.